The van der Waals surface area contributed by atoms with Crippen LogP contribution in [0.5, 0.6) is 0 Å². The number of benzene rings is 2. The number of aryl methyl sites for hydroxylation is 2. The van der Waals surface area contributed by atoms with Gasteiger partial charge in [0.2, 0.25) is 5.91 Å². The fourth-order valence-electron chi connectivity index (χ4n) is 3.63. The molecule has 4 rings (SSSR count). The predicted molar refractivity (Wildman–Crippen MR) is 131 cm³/mol. The van der Waals surface area contributed by atoms with E-state index in [2.05, 4.69) is 17.0 Å². The Labute approximate surface area is 198 Å². The van der Waals surface area contributed by atoms with Crippen LogP contribution in [0.25, 0.3) is 10.2 Å². The Kier molecular flexibility index (Phi) is 8.69. The molecule has 1 aromatic heterocycles. The normalized spacial score (nSPS) is 14.4. The number of hydrogen-bond acceptors (Lipinski definition) is 5. The summed E-state index contributed by atoms with van der Waals surface area (Å²) in [5, 5.41) is 1.45. The van der Waals surface area contributed by atoms with Crippen molar-refractivity contribution in [3.63, 3.8) is 0 Å². The lowest BCUT2D eigenvalue weighted by Crippen LogP contribution is -2.43. The Morgan fingerprint density at radius 1 is 1.19 bits per heavy atom. The third-order valence-electron chi connectivity index (χ3n) is 5.48. The average molecular weight is 480 g/mol. The molecule has 2 aromatic carbocycles. The molecule has 1 saturated heterocycles. The molecule has 1 amide bonds. The summed E-state index contributed by atoms with van der Waals surface area (Å²) in [4.78, 5) is 22.3. The molecular weight excluding hydrogens is 453 g/mol. The van der Waals surface area contributed by atoms with Gasteiger partial charge in [-0.25, -0.2) is 4.98 Å². The minimum Gasteiger partial charge on any atom is -0.379 e. The lowest BCUT2D eigenvalue weighted by Gasteiger charge is -2.29. The quantitative estimate of drug-likeness (QED) is 0.479. The number of nitrogens with zero attached hydrogens (tertiary/aromatic N) is 3. The molecule has 0 atom stereocenters. The largest absolute Gasteiger partial charge is 0.379 e. The van der Waals surface area contributed by atoms with Crippen LogP contribution in [-0.2, 0) is 16.0 Å². The number of aromatic nitrogens is 1. The first-order valence-corrected chi connectivity index (χ1v) is 11.5. The summed E-state index contributed by atoms with van der Waals surface area (Å²) >= 11 is 7.84. The van der Waals surface area contributed by atoms with Crippen LogP contribution in [0, 0.1) is 6.92 Å². The Morgan fingerprint density at radius 3 is 2.68 bits per heavy atom. The van der Waals surface area contributed by atoms with Gasteiger partial charge in [-0.15, -0.1) is 12.4 Å². The molecule has 1 aliphatic rings. The van der Waals surface area contributed by atoms with Gasteiger partial charge in [0, 0.05) is 37.6 Å². The number of anilines is 1. The van der Waals surface area contributed by atoms with Gasteiger partial charge in [0.15, 0.2) is 5.13 Å². The number of rotatable bonds is 7. The zero-order chi connectivity index (χ0) is 20.9. The topological polar surface area (TPSA) is 45.7 Å². The number of carbonyl (C=O) groups is 1. The second-order valence-corrected chi connectivity index (χ2v) is 8.92. The van der Waals surface area contributed by atoms with Crippen molar-refractivity contribution in [3.05, 3.63) is 58.6 Å². The second kappa shape index (κ2) is 11.2. The van der Waals surface area contributed by atoms with E-state index in [0.717, 1.165) is 60.2 Å². The van der Waals surface area contributed by atoms with E-state index < -0.39 is 0 Å². The first-order valence-electron chi connectivity index (χ1n) is 10.3. The maximum absolute atomic E-state index is 13.2. The highest BCUT2D eigenvalue weighted by molar-refractivity contribution is 7.22. The average Bonchev–Trinajstić information content (AvgIpc) is 3.21. The minimum atomic E-state index is 0. The van der Waals surface area contributed by atoms with Crippen molar-refractivity contribution in [1.82, 2.24) is 9.88 Å². The van der Waals surface area contributed by atoms with Gasteiger partial charge >= 0.3 is 0 Å². The molecule has 166 valence electrons. The van der Waals surface area contributed by atoms with Crippen LogP contribution >= 0.6 is 35.3 Å². The van der Waals surface area contributed by atoms with Crippen molar-refractivity contribution in [3.8, 4) is 0 Å². The molecule has 5 nitrogen and oxygen atoms in total. The molecule has 0 radical (unpaired) electrons. The summed E-state index contributed by atoms with van der Waals surface area (Å²) in [5.41, 5.74) is 3.02. The molecule has 0 aliphatic carbocycles. The highest BCUT2D eigenvalue weighted by Crippen LogP contribution is 2.33. The Bertz CT molecular complexity index is 1010. The first kappa shape index (κ1) is 24.0. The van der Waals surface area contributed by atoms with Crippen LogP contribution in [0.3, 0.4) is 0 Å². The number of fused-ring (bicyclic) bond motifs is 1. The van der Waals surface area contributed by atoms with Gasteiger partial charge in [-0.05, 0) is 36.6 Å². The summed E-state index contributed by atoms with van der Waals surface area (Å²) in [6.07, 6.45) is 1.19. The lowest BCUT2D eigenvalue weighted by molar-refractivity contribution is -0.118. The molecule has 31 heavy (non-hydrogen) atoms. The molecule has 0 unspecified atom stereocenters. The van der Waals surface area contributed by atoms with Crippen LogP contribution < -0.4 is 4.90 Å². The second-order valence-electron chi connectivity index (χ2n) is 7.50. The number of halogens is 2. The summed E-state index contributed by atoms with van der Waals surface area (Å²) in [6, 6.07) is 14.0. The van der Waals surface area contributed by atoms with Crippen molar-refractivity contribution in [1.29, 1.82) is 0 Å². The van der Waals surface area contributed by atoms with Crippen LogP contribution in [0.2, 0.25) is 5.02 Å². The van der Waals surface area contributed by atoms with E-state index in [0.29, 0.717) is 18.0 Å². The molecule has 1 aliphatic heterocycles. The molecule has 0 spiro atoms. The maximum Gasteiger partial charge on any atom is 0.229 e. The van der Waals surface area contributed by atoms with E-state index in [4.69, 9.17) is 21.3 Å². The van der Waals surface area contributed by atoms with Gasteiger partial charge < -0.3 is 4.74 Å². The van der Waals surface area contributed by atoms with Crippen LogP contribution in [-0.4, -0.2) is 55.2 Å². The maximum atomic E-state index is 13.2. The van der Waals surface area contributed by atoms with Gasteiger partial charge in [0.1, 0.15) is 0 Å². The summed E-state index contributed by atoms with van der Waals surface area (Å²) in [5.74, 6) is 0.106. The highest BCUT2D eigenvalue weighted by Gasteiger charge is 2.22. The first-order chi connectivity index (χ1) is 14.6. The van der Waals surface area contributed by atoms with E-state index in [1.807, 2.05) is 42.2 Å². The van der Waals surface area contributed by atoms with Gasteiger partial charge in [-0.2, -0.15) is 0 Å². The number of hydrogen-bond donors (Lipinski definition) is 0. The number of ether oxygens (including phenoxy) is 1. The summed E-state index contributed by atoms with van der Waals surface area (Å²) in [6.45, 7) is 6.72. The van der Waals surface area contributed by atoms with Crippen LogP contribution in [0.4, 0.5) is 5.13 Å². The van der Waals surface area contributed by atoms with Crippen molar-refractivity contribution < 1.29 is 9.53 Å². The van der Waals surface area contributed by atoms with E-state index >= 15 is 0 Å². The fraction of sp³-hybridized carbons (Fsp3) is 0.391. The number of carbonyl (C=O) groups excluding carboxylic acids is 1. The zero-order valence-corrected chi connectivity index (χ0v) is 19.9. The molecule has 0 bridgehead atoms. The summed E-state index contributed by atoms with van der Waals surface area (Å²) < 4.78 is 6.50. The van der Waals surface area contributed by atoms with E-state index in [-0.39, 0.29) is 18.3 Å². The van der Waals surface area contributed by atoms with Crippen LogP contribution in [0.1, 0.15) is 17.5 Å². The smallest absolute Gasteiger partial charge is 0.229 e. The number of thiazole rings is 1. The zero-order valence-electron chi connectivity index (χ0n) is 17.6. The van der Waals surface area contributed by atoms with Crippen LogP contribution in [0.15, 0.2) is 42.5 Å². The molecule has 3 aromatic rings. The molecule has 0 N–H and O–H groups in total. The van der Waals surface area contributed by atoms with Gasteiger partial charge in [-0.1, -0.05) is 53.3 Å². The van der Waals surface area contributed by atoms with E-state index in [1.54, 1.807) is 11.3 Å². The number of amides is 1. The van der Waals surface area contributed by atoms with Crippen molar-refractivity contribution >= 4 is 56.6 Å². The molecule has 8 heteroatoms. The lowest BCUT2D eigenvalue weighted by atomic mass is 10.1. The third kappa shape index (κ3) is 5.96. The molecule has 0 saturated carbocycles. The Balaban J connectivity index is 0.00000272. The van der Waals surface area contributed by atoms with E-state index in [1.165, 1.54) is 5.56 Å². The van der Waals surface area contributed by atoms with Gasteiger partial charge in [0.25, 0.3) is 0 Å². The van der Waals surface area contributed by atoms with Gasteiger partial charge in [-0.3, -0.25) is 14.6 Å². The summed E-state index contributed by atoms with van der Waals surface area (Å²) in [7, 11) is 0. The molecule has 1 fully saturated rings. The Hall–Kier alpha value is -1.70. The monoisotopic (exact) mass is 479 g/mol. The van der Waals surface area contributed by atoms with Gasteiger partial charge in [0.05, 0.1) is 23.4 Å². The third-order valence-corrected chi connectivity index (χ3v) is 6.94. The highest BCUT2D eigenvalue weighted by atomic mass is 35.5. The predicted octanol–water partition coefficient (Wildman–Crippen LogP) is 4.98. The molecule has 2 heterocycles. The fourth-order valence-corrected chi connectivity index (χ4v) is 4.85. The Morgan fingerprint density at radius 2 is 1.94 bits per heavy atom. The number of morpholine rings is 1. The van der Waals surface area contributed by atoms with Crippen molar-refractivity contribution in [2.75, 3.05) is 44.3 Å². The van der Waals surface area contributed by atoms with E-state index in [9.17, 15) is 4.79 Å². The standard InChI is InChI=1S/C23H26ClN3O2S.ClH/c1-17-19(24)8-9-20-22(17)25-23(30-20)27(12-11-26-13-15-29-16-14-26)21(28)10-7-18-5-3-2-4-6-18;/h2-6,8-9H,7,10-16H2,1H3;1H. The minimum absolute atomic E-state index is 0. The molecular formula is C23H27Cl2N3O2S. The SMILES string of the molecule is Cc1c(Cl)ccc2sc(N(CCN3CCOCC3)C(=O)CCc3ccccc3)nc12.Cl. The van der Waals surface area contributed by atoms with Crippen molar-refractivity contribution in [2.24, 2.45) is 0 Å². The van der Waals surface area contributed by atoms with Crippen molar-refractivity contribution in [2.45, 2.75) is 19.8 Å².